The number of rotatable bonds is 9. The molecule has 0 saturated carbocycles. The Labute approximate surface area is 127 Å². The molecule has 1 rings (SSSR count). The van der Waals surface area contributed by atoms with Crippen molar-refractivity contribution in [1.82, 2.24) is 0 Å². The van der Waals surface area contributed by atoms with Crippen LogP contribution in [0.15, 0.2) is 0 Å². The first-order chi connectivity index (χ1) is 10.0. The zero-order chi connectivity index (χ0) is 15.9. The molecule has 0 aromatic heterocycles. The molecule has 0 spiro atoms. The Kier molecular flexibility index (Phi) is 6.99. The molecule has 1 heterocycles. The summed E-state index contributed by atoms with van der Waals surface area (Å²) >= 11 is 0. The molecule has 0 bridgehead atoms. The number of esters is 2. The van der Waals surface area contributed by atoms with Gasteiger partial charge < -0.3 is 18.0 Å². The van der Waals surface area contributed by atoms with E-state index in [0.29, 0.717) is 32.7 Å². The van der Waals surface area contributed by atoms with Crippen molar-refractivity contribution in [3.05, 3.63) is 0 Å². The Balaban J connectivity index is 3.28. The second kappa shape index (κ2) is 8.02. The van der Waals surface area contributed by atoms with Gasteiger partial charge >= 0.3 is 20.7 Å². The molecule has 21 heavy (non-hydrogen) atoms. The van der Waals surface area contributed by atoms with Crippen molar-refractivity contribution >= 4 is 20.7 Å². The van der Waals surface area contributed by atoms with Crippen molar-refractivity contribution in [2.75, 3.05) is 19.8 Å². The predicted molar refractivity (Wildman–Crippen MR) is 78.6 cm³/mol. The van der Waals surface area contributed by atoms with Gasteiger partial charge in [-0.25, -0.2) is 0 Å². The fourth-order valence-corrected chi connectivity index (χ4v) is 6.37. The van der Waals surface area contributed by atoms with Gasteiger partial charge in [0.2, 0.25) is 0 Å². The number of hydrogen-bond acceptors (Lipinski definition) is 6. The van der Waals surface area contributed by atoms with Crippen molar-refractivity contribution in [2.24, 2.45) is 0 Å². The summed E-state index contributed by atoms with van der Waals surface area (Å²) in [5.74, 6) is -1.04. The van der Waals surface area contributed by atoms with Gasteiger partial charge in [0.25, 0.3) is 0 Å². The summed E-state index contributed by atoms with van der Waals surface area (Å²) < 4.78 is 22.6. The summed E-state index contributed by atoms with van der Waals surface area (Å²) in [6.45, 7) is 8.68. The van der Waals surface area contributed by atoms with E-state index in [1.54, 1.807) is 0 Å². The van der Waals surface area contributed by atoms with Crippen LogP contribution in [0.25, 0.3) is 0 Å². The van der Waals surface area contributed by atoms with Gasteiger partial charge in [-0.2, -0.15) is 0 Å². The largest absolute Gasteiger partial charge is 0.519 e. The molecule has 7 heteroatoms. The van der Waals surface area contributed by atoms with Gasteiger partial charge in [0.05, 0.1) is 0 Å². The predicted octanol–water partition coefficient (Wildman–Crippen LogP) is 2.44. The smallest absolute Gasteiger partial charge is 0.393 e. The molecule has 1 aliphatic heterocycles. The van der Waals surface area contributed by atoms with Crippen LogP contribution in [0.3, 0.4) is 0 Å². The topological polar surface area (TPSA) is 71.1 Å². The zero-order valence-corrected chi connectivity index (χ0v) is 14.4. The molecule has 0 aliphatic carbocycles. The second-order valence-electron chi connectivity index (χ2n) is 4.95. The van der Waals surface area contributed by atoms with Crippen LogP contribution in [0.1, 0.15) is 53.4 Å². The lowest BCUT2D eigenvalue weighted by Crippen LogP contribution is -2.61. The van der Waals surface area contributed by atoms with Crippen LogP contribution in [0.4, 0.5) is 0 Å². The Morgan fingerprint density at radius 2 is 1.57 bits per heavy atom. The standard InChI is InChI=1S/C14H26O6Si/c1-5-10-14(11-9-12(15)20-13(14)16)21(17-6-2,18-7-3)19-8-4/h5-11H2,1-4H3. The van der Waals surface area contributed by atoms with Crippen LogP contribution in [0.5, 0.6) is 0 Å². The van der Waals surface area contributed by atoms with Gasteiger partial charge in [-0.1, -0.05) is 13.3 Å². The number of carbonyl (C=O) groups excluding carboxylic acids is 2. The molecular weight excluding hydrogens is 292 g/mol. The average Bonchev–Trinajstić information content (AvgIpc) is 2.43. The normalized spacial score (nSPS) is 23.2. The Morgan fingerprint density at radius 1 is 1.05 bits per heavy atom. The minimum absolute atomic E-state index is 0.188. The van der Waals surface area contributed by atoms with E-state index in [2.05, 4.69) is 0 Å². The summed E-state index contributed by atoms with van der Waals surface area (Å²) in [7, 11) is -3.29. The minimum Gasteiger partial charge on any atom is -0.393 e. The summed E-state index contributed by atoms with van der Waals surface area (Å²) in [5, 5.41) is -0.975. The van der Waals surface area contributed by atoms with Gasteiger partial charge in [-0.05, 0) is 33.6 Å². The number of hydrogen-bond donors (Lipinski definition) is 0. The molecule has 0 amide bonds. The molecule has 1 aliphatic rings. The zero-order valence-electron chi connectivity index (χ0n) is 13.4. The van der Waals surface area contributed by atoms with Crippen LogP contribution < -0.4 is 0 Å². The first-order valence-electron chi connectivity index (χ1n) is 7.68. The molecule has 0 N–H and O–H groups in total. The van der Waals surface area contributed by atoms with Gasteiger partial charge in [0, 0.05) is 26.2 Å². The Morgan fingerprint density at radius 3 is 1.95 bits per heavy atom. The van der Waals surface area contributed by atoms with Crippen LogP contribution >= 0.6 is 0 Å². The molecule has 1 fully saturated rings. The van der Waals surface area contributed by atoms with Crippen molar-refractivity contribution < 1.29 is 27.6 Å². The van der Waals surface area contributed by atoms with E-state index in [-0.39, 0.29) is 6.42 Å². The van der Waals surface area contributed by atoms with E-state index < -0.39 is 25.8 Å². The third-order valence-corrected chi connectivity index (χ3v) is 7.50. The minimum atomic E-state index is -3.29. The first kappa shape index (κ1) is 18.3. The maximum atomic E-state index is 12.5. The van der Waals surface area contributed by atoms with Crippen molar-refractivity contribution in [2.45, 2.75) is 58.4 Å². The molecule has 1 atom stereocenters. The quantitative estimate of drug-likeness (QED) is 0.369. The third-order valence-electron chi connectivity index (χ3n) is 3.62. The highest BCUT2D eigenvalue weighted by atomic mass is 28.4. The number of cyclic esters (lactones) is 2. The lowest BCUT2D eigenvalue weighted by Gasteiger charge is -2.44. The van der Waals surface area contributed by atoms with Crippen molar-refractivity contribution in [1.29, 1.82) is 0 Å². The molecule has 1 unspecified atom stereocenters. The van der Waals surface area contributed by atoms with Gasteiger partial charge in [-0.15, -0.1) is 0 Å². The molecule has 0 radical (unpaired) electrons. The molecule has 0 aromatic carbocycles. The van der Waals surface area contributed by atoms with Crippen molar-refractivity contribution in [3.8, 4) is 0 Å². The van der Waals surface area contributed by atoms with E-state index in [9.17, 15) is 9.59 Å². The first-order valence-corrected chi connectivity index (χ1v) is 9.41. The molecular formula is C14H26O6Si. The second-order valence-corrected chi connectivity index (χ2v) is 7.88. The van der Waals surface area contributed by atoms with E-state index in [1.165, 1.54) is 0 Å². The lowest BCUT2D eigenvalue weighted by atomic mass is 9.94. The summed E-state index contributed by atoms with van der Waals surface area (Å²) in [6.07, 6.45) is 1.84. The Bertz CT molecular complexity index is 355. The third kappa shape index (κ3) is 3.53. The van der Waals surface area contributed by atoms with E-state index in [4.69, 9.17) is 18.0 Å². The average molecular weight is 318 g/mol. The van der Waals surface area contributed by atoms with E-state index in [1.807, 2.05) is 27.7 Å². The van der Waals surface area contributed by atoms with E-state index >= 15 is 0 Å². The van der Waals surface area contributed by atoms with Gasteiger partial charge in [0.15, 0.2) is 0 Å². The molecule has 1 saturated heterocycles. The SMILES string of the molecule is CCCC1([Si](OCC)(OCC)OCC)CCC(=O)OC1=O. The highest BCUT2D eigenvalue weighted by Crippen LogP contribution is 2.51. The maximum Gasteiger partial charge on any atom is 0.519 e. The monoisotopic (exact) mass is 318 g/mol. The van der Waals surface area contributed by atoms with Crippen LogP contribution in [-0.4, -0.2) is 40.6 Å². The van der Waals surface area contributed by atoms with Crippen LogP contribution in [0, 0.1) is 0 Å². The fourth-order valence-electron chi connectivity index (χ4n) is 2.86. The van der Waals surface area contributed by atoms with Crippen LogP contribution in [-0.2, 0) is 27.6 Å². The highest BCUT2D eigenvalue weighted by molar-refractivity contribution is 6.68. The summed E-state index contributed by atoms with van der Waals surface area (Å²) in [6, 6.07) is 0. The van der Waals surface area contributed by atoms with Crippen LogP contribution in [0.2, 0.25) is 5.04 Å². The van der Waals surface area contributed by atoms with Crippen molar-refractivity contribution in [3.63, 3.8) is 0 Å². The Hall–Kier alpha value is -0.763. The van der Waals surface area contributed by atoms with E-state index in [0.717, 1.165) is 6.42 Å². The van der Waals surface area contributed by atoms with Gasteiger partial charge in [0.1, 0.15) is 5.04 Å². The molecule has 0 aromatic rings. The molecule has 122 valence electrons. The summed E-state index contributed by atoms with van der Waals surface area (Å²) in [4.78, 5) is 24.0. The molecule has 6 nitrogen and oxygen atoms in total. The fraction of sp³-hybridized carbons (Fsp3) is 0.857. The van der Waals surface area contributed by atoms with Gasteiger partial charge in [-0.3, -0.25) is 9.59 Å². The highest BCUT2D eigenvalue weighted by Gasteiger charge is 2.67. The summed E-state index contributed by atoms with van der Waals surface area (Å²) in [5.41, 5.74) is 0. The lowest BCUT2D eigenvalue weighted by molar-refractivity contribution is -0.169. The number of carbonyl (C=O) groups is 2. The number of ether oxygens (including phenoxy) is 1. The maximum absolute atomic E-state index is 12.5.